The molecule has 1 saturated heterocycles. The van der Waals surface area contributed by atoms with E-state index in [2.05, 4.69) is 21.9 Å². The zero-order chi connectivity index (χ0) is 27.4. The number of aliphatic hydroxyl groups is 1. The van der Waals surface area contributed by atoms with Crippen LogP contribution in [0.4, 0.5) is 15.9 Å². The fraction of sp³-hybridized carbons (Fsp3) is 0.370. The molecule has 1 amide bonds. The Morgan fingerprint density at radius 2 is 2.00 bits per heavy atom. The Bertz CT molecular complexity index is 1340. The third kappa shape index (κ3) is 6.64. The number of rotatable bonds is 9. The van der Waals surface area contributed by atoms with Gasteiger partial charge in [-0.05, 0) is 38.1 Å². The maximum atomic E-state index is 14.7. The number of anilines is 2. The molecule has 1 aliphatic heterocycles. The van der Waals surface area contributed by atoms with Gasteiger partial charge in [-0.2, -0.15) is 0 Å². The molecule has 0 radical (unpaired) electrons. The van der Waals surface area contributed by atoms with E-state index < -0.39 is 11.4 Å². The van der Waals surface area contributed by atoms with Gasteiger partial charge in [0.1, 0.15) is 18.2 Å². The third-order valence-electron chi connectivity index (χ3n) is 6.18. The van der Waals surface area contributed by atoms with Crippen LogP contribution in [0.15, 0.2) is 43.2 Å². The van der Waals surface area contributed by atoms with Crippen molar-refractivity contribution < 1.29 is 23.8 Å². The van der Waals surface area contributed by atoms with Crippen molar-refractivity contribution in [3.05, 3.63) is 59.1 Å². The zero-order valence-electron chi connectivity index (χ0n) is 21.1. The van der Waals surface area contributed by atoms with Crippen molar-refractivity contribution >= 4 is 51.5 Å². The van der Waals surface area contributed by atoms with Gasteiger partial charge in [0.05, 0.1) is 33.5 Å². The number of hydrogen-bond donors (Lipinski definition) is 2. The first-order valence-corrected chi connectivity index (χ1v) is 12.9. The van der Waals surface area contributed by atoms with Gasteiger partial charge in [-0.15, -0.1) is 0 Å². The highest BCUT2D eigenvalue weighted by molar-refractivity contribution is 6.42. The van der Waals surface area contributed by atoms with Gasteiger partial charge in [-0.3, -0.25) is 4.79 Å². The van der Waals surface area contributed by atoms with Gasteiger partial charge in [0.15, 0.2) is 17.3 Å². The molecule has 2 heterocycles. The number of amides is 1. The van der Waals surface area contributed by atoms with E-state index in [0.717, 1.165) is 0 Å². The minimum atomic E-state index is -0.897. The number of nitrogens with one attached hydrogen (secondary N) is 1. The number of carbonyl (C=O) groups excluding carboxylic acids is 1. The number of likely N-dealkylation sites (tertiary alicyclic amines) is 1. The minimum absolute atomic E-state index is 0.103. The van der Waals surface area contributed by atoms with E-state index in [-0.39, 0.29) is 34.4 Å². The lowest BCUT2D eigenvalue weighted by Crippen LogP contribution is -2.41. The quantitative estimate of drug-likeness (QED) is 0.247. The number of nitrogens with zero attached hydrogens (tertiary/aromatic N) is 3. The van der Waals surface area contributed by atoms with E-state index in [1.165, 1.54) is 24.5 Å². The molecule has 0 atom stereocenters. The van der Waals surface area contributed by atoms with Crippen LogP contribution in [0.1, 0.15) is 33.1 Å². The van der Waals surface area contributed by atoms with Crippen LogP contribution in [0.25, 0.3) is 10.9 Å². The summed E-state index contributed by atoms with van der Waals surface area (Å²) in [5.74, 6) is 0.444. The highest BCUT2D eigenvalue weighted by Crippen LogP contribution is 2.38. The van der Waals surface area contributed by atoms with Crippen LogP contribution in [0.5, 0.6) is 11.5 Å². The molecule has 0 unspecified atom stereocenters. The summed E-state index contributed by atoms with van der Waals surface area (Å²) < 4.78 is 27.1. The van der Waals surface area contributed by atoms with Crippen LogP contribution >= 0.6 is 23.2 Å². The molecular weight excluding hydrogens is 534 g/mol. The average molecular weight is 563 g/mol. The first-order valence-electron chi connectivity index (χ1n) is 12.2. The lowest BCUT2D eigenvalue weighted by Gasteiger charge is -2.32. The van der Waals surface area contributed by atoms with Crippen LogP contribution in [-0.4, -0.2) is 57.3 Å². The van der Waals surface area contributed by atoms with Gasteiger partial charge in [-0.25, -0.2) is 14.4 Å². The smallest absolute Gasteiger partial charge is 0.245 e. The van der Waals surface area contributed by atoms with E-state index in [1.54, 1.807) is 30.9 Å². The number of piperidine rings is 1. The highest BCUT2D eigenvalue weighted by Gasteiger charge is 2.25. The van der Waals surface area contributed by atoms with Gasteiger partial charge in [0, 0.05) is 43.8 Å². The van der Waals surface area contributed by atoms with Gasteiger partial charge in [0.2, 0.25) is 5.91 Å². The van der Waals surface area contributed by atoms with Crippen LogP contribution < -0.4 is 14.8 Å². The van der Waals surface area contributed by atoms with Crippen LogP contribution in [-0.2, 0) is 4.79 Å². The van der Waals surface area contributed by atoms with Crippen LogP contribution in [0.2, 0.25) is 10.0 Å². The van der Waals surface area contributed by atoms with E-state index in [0.29, 0.717) is 60.6 Å². The van der Waals surface area contributed by atoms with E-state index >= 15 is 0 Å². The number of fused-ring (bicyclic) bond motifs is 1. The topological polar surface area (TPSA) is 96.8 Å². The summed E-state index contributed by atoms with van der Waals surface area (Å²) in [6, 6.07) is 6.43. The predicted octanol–water partition coefficient (Wildman–Crippen LogP) is 5.91. The van der Waals surface area contributed by atoms with Gasteiger partial charge >= 0.3 is 0 Å². The Kier molecular flexibility index (Phi) is 8.60. The first kappa shape index (κ1) is 27.9. The SMILES string of the molecule is C=CC(=O)N1CCC(Oc2cc3c(Nc4ccc(Cl)c(Cl)c4F)ncnc3cc2OCCC(C)(C)O)CC1. The fourth-order valence-electron chi connectivity index (χ4n) is 4.03. The van der Waals surface area contributed by atoms with E-state index in [9.17, 15) is 14.3 Å². The second kappa shape index (κ2) is 11.7. The summed E-state index contributed by atoms with van der Waals surface area (Å²) >= 11 is 11.9. The minimum Gasteiger partial charge on any atom is -0.490 e. The van der Waals surface area contributed by atoms with Crippen molar-refractivity contribution in [3.63, 3.8) is 0 Å². The van der Waals surface area contributed by atoms with E-state index in [4.69, 9.17) is 32.7 Å². The Morgan fingerprint density at radius 1 is 1.26 bits per heavy atom. The molecule has 1 aliphatic rings. The first-order chi connectivity index (χ1) is 18.1. The van der Waals surface area contributed by atoms with Gasteiger partial charge in [-0.1, -0.05) is 29.8 Å². The Morgan fingerprint density at radius 3 is 2.68 bits per heavy atom. The zero-order valence-corrected chi connectivity index (χ0v) is 22.7. The molecule has 11 heteroatoms. The van der Waals surface area contributed by atoms with Crippen molar-refractivity contribution in [2.45, 2.75) is 44.8 Å². The normalized spacial score (nSPS) is 14.4. The van der Waals surface area contributed by atoms with E-state index in [1.807, 2.05) is 0 Å². The molecule has 202 valence electrons. The summed E-state index contributed by atoms with van der Waals surface area (Å²) in [5.41, 5.74) is -0.252. The molecule has 8 nitrogen and oxygen atoms in total. The average Bonchev–Trinajstić information content (AvgIpc) is 2.88. The largest absolute Gasteiger partial charge is 0.490 e. The number of carbonyl (C=O) groups is 1. The Hall–Kier alpha value is -3.14. The summed E-state index contributed by atoms with van der Waals surface area (Å²) in [6.45, 7) is 8.31. The molecule has 38 heavy (non-hydrogen) atoms. The molecule has 1 aromatic heterocycles. The number of benzene rings is 2. The van der Waals surface area contributed by atoms with Gasteiger partial charge in [0.25, 0.3) is 0 Å². The molecule has 2 aromatic carbocycles. The van der Waals surface area contributed by atoms with Crippen LogP contribution in [0.3, 0.4) is 0 Å². The van der Waals surface area contributed by atoms with Crippen LogP contribution in [0, 0.1) is 5.82 Å². The summed E-state index contributed by atoms with van der Waals surface area (Å²) in [6.07, 6.45) is 4.17. The fourth-order valence-corrected chi connectivity index (χ4v) is 4.34. The maximum absolute atomic E-state index is 14.7. The molecule has 0 bridgehead atoms. The maximum Gasteiger partial charge on any atom is 0.245 e. The highest BCUT2D eigenvalue weighted by atomic mass is 35.5. The van der Waals surface area contributed by atoms with Crippen molar-refractivity contribution in [2.75, 3.05) is 25.0 Å². The Labute approximate surface area is 230 Å². The Balaban J connectivity index is 1.65. The second-order valence-electron chi connectivity index (χ2n) is 9.64. The molecule has 0 aliphatic carbocycles. The second-order valence-corrected chi connectivity index (χ2v) is 10.4. The molecule has 0 saturated carbocycles. The lowest BCUT2D eigenvalue weighted by molar-refractivity contribution is -0.127. The lowest BCUT2D eigenvalue weighted by atomic mass is 10.1. The molecule has 1 fully saturated rings. The third-order valence-corrected chi connectivity index (χ3v) is 6.96. The molecular formula is C27H29Cl2FN4O4. The summed E-state index contributed by atoms with van der Waals surface area (Å²) in [7, 11) is 0. The van der Waals surface area contributed by atoms with Crippen molar-refractivity contribution in [1.82, 2.24) is 14.9 Å². The molecule has 0 spiro atoms. The number of ether oxygens (including phenoxy) is 2. The predicted molar refractivity (Wildman–Crippen MR) is 146 cm³/mol. The van der Waals surface area contributed by atoms with Crippen molar-refractivity contribution in [2.24, 2.45) is 0 Å². The van der Waals surface area contributed by atoms with Gasteiger partial charge < -0.3 is 24.8 Å². The number of halogens is 3. The van der Waals surface area contributed by atoms with Crippen molar-refractivity contribution in [3.8, 4) is 11.5 Å². The molecule has 2 N–H and O–H groups in total. The summed E-state index contributed by atoms with van der Waals surface area (Å²) in [5, 5.41) is 13.5. The van der Waals surface area contributed by atoms with Crippen molar-refractivity contribution in [1.29, 1.82) is 0 Å². The molecule has 4 rings (SSSR count). The molecule has 3 aromatic rings. The summed E-state index contributed by atoms with van der Waals surface area (Å²) in [4.78, 5) is 22.3. The number of aromatic nitrogens is 2. The monoisotopic (exact) mass is 562 g/mol. The number of hydrogen-bond acceptors (Lipinski definition) is 7. The standard InChI is InChI=1S/C27H29Cl2FN4O4/c1-4-23(35)34-10-7-16(8-11-34)38-22-13-17-20(14-21(22)37-12-9-27(2,3)36)31-15-32-26(17)33-19-6-5-18(28)24(29)25(19)30/h4-6,13-16,36H,1,7-12H2,2-3H3,(H,31,32,33).